The van der Waals surface area contributed by atoms with Crippen molar-refractivity contribution in [1.82, 2.24) is 10.3 Å². The fourth-order valence-electron chi connectivity index (χ4n) is 1.28. The van der Waals surface area contributed by atoms with Crippen molar-refractivity contribution in [3.05, 3.63) is 24.0 Å². The van der Waals surface area contributed by atoms with E-state index in [0.717, 1.165) is 13.1 Å². The molecule has 0 aliphatic rings. The van der Waals surface area contributed by atoms with E-state index in [1.54, 1.807) is 12.3 Å². The van der Waals surface area contributed by atoms with Crippen LogP contribution in [0.2, 0.25) is 0 Å². The van der Waals surface area contributed by atoms with E-state index in [1.807, 2.05) is 19.0 Å². The van der Waals surface area contributed by atoms with Gasteiger partial charge in [-0.05, 0) is 13.1 Å². The van der Waals surface area contributed by atoms with Crippen LogP contribution in [0.1, 0.15) is 10.4 Å². The van der Waals surface area contributed by atoms with Crippen molar-refractivity contribution in [2.45, 2.75) is 0 Å². The lowest BCUT2D eigenvalue weighted by molar-refractivity contribution is 0.0697. The van der Waals surface area contributed by atoms with Crippen molar-refractivity contribution in [2.24, 2.45) is 0 Å². The topological polar surface area (TPSA) is 65.5 Å². The monoisotopic (exact) mass is 209 g/mol. The van der Waals surface area contributed by atoms with Crippen LogP contribution in [0.25, 0.3) is 0 Å². The zero-order valence-electron chi connectivity index (χ0n) is 8.90. The van der Waals surface area contributed by atoms with Gasteiger partial charge < -0.3 is 15.3 Å². The number of anilines is 1. The van der Waals surface area contributed by atoms with Gasteiger partial charge in [-0.15, -0.1) is 0 Å². The molecular formula is C10H15N3O2. The summed E-state index contributed by atoms with van der Waals surface area (Å²) in [7, 11) is 3.72. The van der Waals surface area contributed by atoms with Crippen LogP contribution in [-0.2, 0) is 0 Å². The number of carbonyl (C=O) groups is 1. The zero-order chi connectivity index (χ0) is 11.3. The molecule has 0 fully saturated rings. The van der Waals surface area contributed by atoms with Crippen LogP contribution in [0.5, 0.6) is 0 Å². The molecule has 0 spiro atoms. The first-order chi connectivity index (χ1) is 7.16. The molecule has 1 heterocycles. The summed E-state index contributed by atoms with van der Waals surface area (Å²) >= 11 is 0. The highest BCUT2D eigenvalue weighted by Crippen LogP contribution is 2.17. The van der Waals surface area contributed by atoms with Crippen molar-refractivity contribution in [1.29, 1.82) is 0 Å². The summed E-state index contributed by atoms with van der Waals surface area (Å²) in [6, 6.07) is 1.71. The number of hydrogen-bond donors (Lipinski definition) is 2. The lowest BCUT2D eigenvalue weighted by Gasteiger charge is -2.20. The summed E-state index contributed by atoms with van der Waals surface area (Å²) in [5.74, 6) is -0.950. The van der Waals surface area contributed by atoms with Crippen LogP contribution in [0.3, 0.4) is 0 Å². The Labute approximate surface area is 88.7 Å². The number of aromatic carboxylic acids is 1. The first-order valence-corrected chi connectivity index (χ1v) is 4.70. The van der Waals surface area contributed by atoms with Gasteiger partial charge in [0.25, 0.3) is 0 Å². The molecule has 0 amide bonds. The average Bonchev–Trinajstić information content (AvgIpc) is 2.25. The van der Waals surface area contributed by atoms with Crippen LogP contribution in [0.4, 0.5) is 5.69 Å². The Hall–Kier alpha value is -1.62. The maximum absolute atomic E-state index is 10.9. The Morgan fingerprint density at radius 3 is 3.00 bits per heavy atom. The van der Waals surface area contributed by atoms with Crippen LogP contribution in [0.15, 0.2) is 18.5 Å². The highest BCUT2D eigenvalue weighted by Gasteiger charge is 2.12. The van der Waals surface area contributed by atoms with Crippen LogP contribution in [-0.4, -0.2) is 43.2 Å². The lowest BCUT2D eigenvalue weighted by Crippen LogP contribution is -2.28. The molecule has 1 rings (SSSR count). The van der Waals surface area contributed by atoms with Gasteiger partial charge in [0.15, 0.2) is 0 Å². The molecule has 1 aromatic rings. The number of carboxylic acids is 1. The molecule has 2 N–H and O–H groups in total. The van der Waals surface area contributed by atoms with Crippen molar-refractivity contribution in [3.8, 4) is 0 Å². The maximum Gasteiger partial charge on any atom is 0.339 e. The normalized spacial score (nSPS) is 10.0. The second kappa shape index (κ2) is 5.31. The molecule has 5 heteroatoms. The minimum atomic E-state index is -0.950. The van der Waals surface area contributed by atoms with Gasteiger partial charge in [-0.3, -0.25) is 4.98 Å². The third-order valence-electron chi connectivity index (χ3n) is 2.14. The molecule has 0 aromatic carbocycles. The number of nitrogens with zero attached hydrogens (tertiary/aromatic N) is 2. The Morgan fingerprint density at radius 1 is 1.67 bits per heavy atom. The van der Waals surface area contributed by atoms with E-state index in [1.165, 1.54) is 6.20 Å². The Balaban J connectivity index is 2.87. The van der Waals surface area contributed by atoms with Crippen molar-refractivity contribution in [3.63, 3.8) is 0 Å². The molecular weight excluding hydrogens is 194 g/mol. The van der Waals surface area contributed by atoms with Gasteiger partial charge in [0, 0.05) is 32.5 Å². The predicted octanol–water partition coefficient (Wildman–Crippen LogP) is 0.435. The second-order valence-electron chi connectivity index (χ2n) is 3.22. The summed E-state index contributed by atoms with van der Waals surface area (Å²) in [5.41, 5.74) is 0.920. The van der Waals surface area contributed by atoms with Crippen molar-refractivity contribution >= 4 is 11.7 Å². The van der Waals surface area contributed by atoms with E-state index in [2.05, 4.69) is 10.3 Å². The Kier molecular flexibility index (Phi) is 4.05. The number of aromatic nitrogens is 1. The summed E-state index contributed by atoms with van der Waals surface area (Å²) in [4.78, 5) is 16.6. The molecule has 0 atom stereocenters. The van der Waals surface area contributed by atoms with Crippen LogP contribution in [0, 0.1) is 0 Å². The first kappa shape index (κ1) is 11.5. The molecule has 0 saturated carbocycles. The van der Waals surface area contributed by atoms with E-state index < -0.39 is 5.97 Å². The molecule has 0 radical (unpaired) electrons. The van der Waals surface area contributed by atoms with Gasteiger partial charge in [0.05, 0.1) is 5.69 Å². The van der Waals surface area contributed by atoms with E-state index in [4.69, 9.17) is 5.11 Å². The standard InChI is InChI=1S/C10H15N3O2/c1-11-5-6-13(2)9-3-4-12-7-8(9)10(14)15/h3-4,7,11H,5-6H2,1-2H3,(H,14,15). The van der Waals surface area contributed by atoms with Crippen LogP contribution >= 0.6 is 0 Å². The number of carboxylic acid groups (broad SMARTS) is 1. The quantitative estimate of drug-likeness (QED) is 0.736. The van der Waals surface area contributed by atoms with Gasteiger partial charge >= 0.3 is 5.97 Å². The zero-order valence-corrected chi connectivity index (χ0v) is 8.90. The Bertz CT molecular complexity index is 341. The molecule has 5 nitrogen and oxygen atoms in total. The molecule has 0 aliphatic carbocycles. The molecule has 82 valence electrons. The number of rotatable bonds is 5. The smallest absolute Gasteiger partial charge is 0.339 e. The highest BCUT2D eigenvalue weighted by atomic mass is 16.4. The van der Waals surface area contributed by atoms with Gasteiger partial charge in [0.1, 0.15) is 5.56 Å². The molecule has 1 aromatic heterocycles. The lowest BCUT2D eigenvalue weighted by atomic mass is 10.2. The van der Waals surface area contributed by atoms with Gasteiger partial charge in [-0.2, -0.15) is 0 Å². The van der Waals surface area contributed by atoms with E-state index in [0.29, 0.717) is 5.69 Å². The third kappa shape index (κ3) is 2.92. The minimum Gasteiger partial charge on any atom is -0.478 e. The molecule has 0 bridgehead atoms. The number of hydrogen-bond acceptors (Lipinski definition) is 4. The van der Waals surface area contributed by atoms with E-state index >= 15 is 0 Å². The second-order valence-corrected chi connectivity index (χ2v) is 3.22. The molecule has 0 unspecified atom stereocenters. The van der Waals surface area contributed by atoms with E-state index in [9.17, 15) is 4.79 Å². The SMILES string of the molecule is CNCCN(C)c1ccncc1C(=O)O. The molecule has 15 heavy (non-hydrogen) atoms. The number of pyridine rings is 1. The van der Waals surface area contributed by atoms with E-state index in [-0.39, 0.29) is 5.56 Å². The van der Waals surface area contributed by atoms with Crippen molar-refractivity contribution < 1.29 is 9.90 Å². The number of nitrogens with one attached hydrogen (secondary N) is 1. The van der Waals surface area contributed by atoms with Gasteiger partial charge in [-0.1, -0.05) is 0 Å². The largest absolute Gasteiger partial charge is 0.478 e. The van der Waals surface area contributed by atoms with Crippen LogP contribution < -0.4 is 10.2 Å². The summed E-state index contributed by atoms with van der Waals surface area (Å²) in [6.45, 7) is 1.55. The average molecular weight is 209 g/mol. The first-order valence-electron chi connectivity index (χ1n) is 4.70. The van der Waals surface area contributed by atoms with Gasteiger partial charge in [-0.25, -0.2) is 4.79 Å². The highest BCUT2D eigenvalue weighted by molar-refractivity contribution is 5.93. The fraction of sp³-hybridized carbons (Fsp3) is 0.400. The Morgan fingerprint density at radius 2 is 2.40 bits per heavy atom. The molecule has 0 saturated heterocycles. The molecule has 0 aliphatic heterocycles. The van der Waals surface area contributed by atoms with Crippen molar-refractivity contribution in [2.75, 3.05) is 32.1 Å². The fourth-order valence-corrected chi connectivity index (χ4v) is 1.28. The third-order valence-corrected chi connectivity index (χ3v) is 2.14. The summed E-state index contributed by atoms with van der Waals surface area (Å²) in [6.07, 6.45) is 2.96. The van der Waals surface area contributed by atoms with Gasteiger partial charge in [0.2, 0.25) is 0 Å². The summed E-state index contributed by atoms with van der Waals surface area (Å²) in [5, 5.41) is 12.0. The predicted molar refractivity (Wildman–Crippen MR) is 58.4 cm³/mol. The number of likely N-dealkylation sites (N-methyl/N-ethyl adjacent to an activating group) is 2. The minimum absolute atomic E-state index is 0.233. The summed E-state index contributed by atoms with van der Waals surface area (Å²) < 4.78 is 0. The maximum atomic E-state index is 10.9.